The number of aromatic nitrogens is 1. The van der Waals surface area contributed by atoms with Crippen LogP contribution in [0.1, 0.15) is 20.9 Å². The van der Waals surface area contributed by atoms with Gasteiger partial charge in [0.15, 0.2) is 11.6 Å². The molecule has 2 N–H and O–H groups in total. The number of thiazole rings is 1. The van der Waals surface area contributed by atoms with Crippen molar-refractivity contribution in [1.29, 1.82) is 5.26 Å². The van der Waals surface area contributed by atoms with Crippen LogP contribution in [0.3, 0.4) is 0 Å². The molecule has 0 fully saturated rings. The van der Waals surface area contributed by atoms with Gasteiger partial charge in [0.2, 0.25) is 0 Å². The van der Waals surface area contributed by atoms with Crippen LogP contribution >= 0.6 is 22.9 Å². The van der Waals surface area contributed by atoms with E-state index in [1.54, 1.807) is 17.5 Å². The summed E-state index contributed by atoms with van der Waals surface area (Å²) in [6.45, 7) is -0.110. The SMILES string of the molecule is N#Cc1cc(Cl)ccc1-c1csc(COc2ccc(F)c(C(N)=O)c2F)n1. The van der Waals surface area contributed by atoms with Gasteiger partial charge in [-0.15, -0.1) is 11.3 Å². The summed E-state index contributed by atoms with van der Waals surface area (Å²) in [7, 11) is 0. The van der Waals surface area contributed by atoms with Crippen LogP contribution in [0.4, 0.5) is 8.78 Å². The molecule has 136 valence electrons. The normalized spacial score (nSPS) is 10.4. The third-order valence-corrected chi connectivity index (χ3v) is 4.64. The van der Waals surface area contributed by atoms with E-state index in [0.29, 0.717) is 26.9 Å². The second-order valence-corrected chi connectivity index (χ2v) is 6.69. The summed E-state index contributed by atoms with van der Waals surface area (Å²) in [5.41, 5.74) is 5.64. The minimum absolute atomic E-state index is 0.110. The molecule has 1 aromatic heterocycles. The zero-order valence-corrected chi connectivity index (χ0v) is 15.1. The van der Waals surface area contributed by atoms with Crippen molar-refractivity contribution >= 4 is 28.8 Å². The Balaban J connectivity index is 1.81. The number of nitrogens with zero attached hydrogens (tertiary/aromatic N) is 2. The third-order valence-electron chi connectivity index (χ3n) is 3.58. The third kappa shape index (κ3) is 3.89. The molecule has 0 saturated heterocycles. The van der Waals surface area contributed by atoms with Gasteiger partial charge in [0.25, 0.3) is 5.91 Å². The Labute approximate surface area is 161 Å². The van der Waals surface area contributed by atoms with Gasteiger partial charge < -0.3 is 10.5 Å². The highest BCUT2D eigenvalue weighted by Gasteiger charge is 2.19. The van der Waals surface area contributed by atoms with E-state index in [9.17, 15) is 18.8 Å². The fourth-order valence-electron chi connectivity index (χ4n) is 2.34. The summed E-state index contributed by atoms with van der Waals surface area (Å²) >= 11 is 7.12. The zero-order chi connectivity index (χ0) is 19.6. The molecule has 0 saturated carbocycles. The fraction of sp³-hybridized carbons (Fsp3) is 0.0556. The van der Waals surface area contributed by atoms with Crippen molar-refractivity contribution < 1.29 is 18.3 Å². The predicted molar refractivity (Wildman–Crippen MR) is 96.5 cm³/mol. The summed E-state index contributed by atoms with van der Waals surface area (Å²) < 4.78 is 33.0. The topological polar surface area (TPSA) is 89.0 Å². The first kappa shape index (κ1) is 18.8. The van der Waals surface area contributed by atoms with E-state index in [4.69, 9.17) is 22.1 Å². The van der Waals surface area contributed by atoms with Gasteiger partial charge in [0.05, 0.1) is 17.3 Å². The minimum atomic E-state index is -1.22. The van der Waals surface area contributed by atoms with Crippen LogP contribution < -0.4 is 10.5 Å². The Morgan fingerprint density at radius 1 is 1.33 bits per heavy atom. The lowest BCUT2D eigenvalue weighted by atomic mass is 10.1. The van der Waals surface area contributed by atoms with Gasteiger partial charge >= 0.3 is 0 Å². The first-order valence-corrected chi connectivity index (χ1v) is 8.71. The van der Waals surface area contributed by atoms with E-state index in [1.807, 2.05) is 0 Å². The highest BCUT2D eigenvalue weighted by Crippen LogP contribution is 2.29. The van der Waals surface area contributed by atoms with Crippen molar-refractivity contribution in [2.45, 2.75) is 6.61 Å². The maximum absolute atomic E-state index is 14.2. The molecule has 3 aromatic rings. The molecule has 2 aromatic carbocycles. The Morgan fingerprint density at radius 2 is 2.11 bits per heavy atom. The highest BCUT2D eigenvalue weighted by molar-refractivity contribution is 7.09. The maximum atomic E-state index is 14.2. The van der Waals surface area contributed by atoms with Crippen LogP contribution in [0.5, 0.6) is 5.75 Å². The van der Waals surface area contributed by atoms with Gasteiger partial charge in [-0.3, -0.25) is 4.79 Å². The first-order valence-electron chi connectivity index (χ1n) is 7.45. The van der Waals surface area contributed by atoms with E-state index in [-0.39, 0.29) is 12.4 Å². The Morgan fingerprint density at radius 3 is 2.81 bits per heavy atom. The Bertz CT molecular complexity index is 1080. The molecule has 0 aliphatic carbocycles. The first-order chi connectivity index (χ1) is 12.9. The average Bonchev–Trinajstić information content (AvgIpc) is 3.09. The largest absolute Gasteiger partial charge is 0.483 e. The average molecular weight is 406 g/mol. The molecule has 0 spiro atoms. The van der Waals surface area contributed by atoms with Gasteiger partial charge in [0, 0.05) is 16.0 Å². The molecule has 0 atom stereocenters. The number of rotatable bonds is 5. The van der Waals surface area contributed by atoms with Crippen LogP contribution in [-0.4, -0.2) is 10.9 Å². The van der Waals surface area contributed by atoms with Crippen molar-refractivity contribution in [3.05, 3.63) is 68.5 Å². The lowest BCUT2D eigenvalue weighted by molar-refractivity contribution is 0.0991. The van der Waals surface area contributed by atoms with Crippen LogP contribution in [0, 0.1) is 23.0 Å². The summed E-state index contributed by atoms with van der Waals surface area (Å²) in [5.74, 6) is -3.76. The minimum Gasteiger partial charge on any atom is -0.483 e. The van der Waals surface area contributed by atoms with Crippen LogP contribution in [-0.2, 0) is 6.61 Å². The lowest BCUT2D eigenvalue weighted by Crippen LogP contribution is -2.16. The highest BCUT2D eigenvalue weighted by atomic mass is 35.5. The van der Waals surface area contributed by atoms with Crippen molar-refractivity contribution in [2.75, 3.05) is 0 Å². The zero-order valence-electron chi connectivity index (χ0n) is 13.5. The molecule has 5 nitrogen and oxygen atoms in total. The van der Waals surface area contributed by atoms with Crippen LogP contribution in [0.15, 0.2) is 35.7 Å². The van der Waals surface area contributed by atoms with Crippen molar-refractivity contribution in [3.8, 4) is 23.1 Å². The Kier molecular flexibility index (Phi) is 5.35. The van der Waals surface area contributed by atoms with Gasteiger partial charge in [-0.1, -0.05) is 11.6 Å². The molecule has 0 aliphatic rings. The molecule has 0 unspecified atom stereocenters. The van der Waals surface area contributed by atoms with E-state index in [2.05, 4.69) is 11.1 Å². The van der Waals surface area contributed by atoms with E-state index in [1.165, 1.54) is 17.4 Å². The number of nitrogens with two attached hydrogens (primary N) is 1. The number of primary amides is 1. The van der Waals surface area contributed by atoms with Crippen LogP contribution in [0.25, 0.3) is 11.3 Å². The number of amides is 1. The van der Waals surface area contributed by atoms with Crippen LogP contribution in [0.2, 0.25) is 5.02 Å². The monoisotopic (exact) mass is 405 g/mol. The summed E-state index contributed by atoms with van der Waals surface area (Å²) in [5, 5.41) is 11.9. The number of benzene rings is 2. The molecule has 0 aliphatic heterocycles. The van der Waals surface area contributed by atoms with Crippen molar-refractivity contribution in [2.24, 2.45) is 5.73 Å². The predicted octanol–water partition coefficient (Wildman–Crippen LogP) is 4.29. The fourth-order valence-corrected chi connectivity index (χ4v) is 3.22. The maximum Gasteiger partial charge on any atom is 0.254 e. The Hall–Kier alpha value is -3.02. The number of carbonyl (C=O) groups is 1. The smallest absolute Gasteiger partial charge is 0.254 e. The van der Waals surface area contributed by atoms with Gasteiger partial charge in [0.1, 0.15) is 23.0 Å². The summed E-state index contributed by atoms with van der Waals surface area (Å²) in [6.07, 6.45) is 0. The van der Waals surface area contributed by atoms with Gasteiger partial charge in [-0.2, -0.15) is 5.26 Å². The summed E-state index contributed by atoms with van der Waals surface area (Å²) in [6, 6.07) is 8.88. The molecule has 9 heteroatoms. The standard InChI is InChI=1S/C18H10ClF2N3O2S/c19-10-1-2-11(9(5-10)6-22)13-8-27-15(24-13)7-26-14-4-3-12(20)16(17(14)21)18(23)25/h1-5,8H,7H2,(H2,23,25). The molecule has 0 radical (unpaired) electrons. The van der Waals surface area contributed by atoms with E-state index >= 15 is 0 Å². The number of hydrogen-bond donors (Lipinski definition) is 1. The second-order valence-electron chi connectivity index (χ2n) is 5.32. The number of halogens is 3. The van der Waals surface area contributed by atoms with Crippen molar-refractivity contribution in [1.82, 2.24) is 4.98 Å². The van der Waals surface area contributed by atoms with E-state index < -0.39 is 23.1 Å². The van der Waals surface area contributed by atoms with E-state index in [0.717, 1.165) is 12.1 Å². The molecule has 0 bridgehead atoms. The number of nitriles is 1. The second kappa shape index (κ2) is 7.70. The van der Waals surface area contributed by atoms with Gasteiger partial charge in [-0.05, 0) is 30.3 Å². The molecule has 1 amide bonds. The van der Waals surface area contributed by atoms with Crippen molar-refractivity contribution in [3.63, 3.8) is 0 Å². The summed E-state index contributed by atoms with van der Waals surface area (Å²) in [4.78, 5) is 15.5. The number of carbonyl (C=O) groups excluding carboxylic acids is 1. The lowest BCUT2D eigenvalue weighted by Gasteiger charge is -2.08. The quantitative estimate of drug-likeness (QED) is 0.685. The number of hydrogen-bond acceptors (Lipinski definition) is 5. The molecule has 1 heterocycles. The number of ether oxygens (including phenoxy) is 1. The molecular weight excluding hydrogens is 396 g/mol. The molecule has 3 rings (SSSR count). The molecular formula is C18H10ClF2N3O2S. The van der Waals surface area contributed by atoms with Gasteiger partial charge in [-0.25, -0.2) is 13.8 Å². The molecule has 27 heavy (non-hydrogen) atoms.